The van der Waals surface area contributed by atoms with Gasteiger partial charge in [-0.1, -0.05) is 24.3 Å². The maximum absolute atomic E-state index is 12.6. The lowest BCUT2D eigenvalue weighted by atomic mass is 9.90. The summed E-state index contributed by atoms with van der Waals surface area (Å²) < 4.78 is 0. The van der Waals surface area contributed by atoms with E-state index in [1.807, 2.05) is 50.2 Å². The van der Waals surface area contributed by atoms with Gasteiger partial charge in [0, 0.05) is 17.9 Å². The molecule has 1 aliphatic heterocycles. The second-order valence-corrected chi connectivity index (χ2v) is 5.72. The molecule has 0 aliphatic carbocycles. The smallest absolute Gasteiger partial charge is 0.232 e. The number of nitrogens with one attached hydrogen (secondary N) is 2. The third kappa shape index (κ3) is 2.92. The highest BCUT2D eigenvalue weighted by atomic mass is 16.1. The Kier molecular flexibility index (Phi) is 3.65. The van der Waals surface area contributed by atoms with Crippen molar-refractivity contribution in [3.05, 3.63) is 59.2 Å². The number of para-hydroxylation sites is 1. The van der Waals surface area contributed by atoms with Gasteiger partial charge in [-0.25, -0.2) is 0 Å². The normalized spacial score (nSPS) is 16.8. The summed E-state index contributed by atoms with van der Waals surface area (Å²) >= 11 is 0. The van der Waals surface area contributed by atoms with E-state index in [-0.39, 0.29) is 11.8 Å². The Labute approximate surface area is 125 Å². The van der Waals surface area contributed by atoms with E-state index in [9.17, 15) is 4.79 Å². The standard InChI is InChI=1S/C18H20N2O/c1-12-9-13(2)11-14(10-12)20-18(21)16-7-8-19-17-6-4-3-5-15(16)17/h3-6,9-11,16,19H,7-8H2,1-2H3,(H,20,21). The van der Waals surface area contributed by atoms with Crippen LogP contribution in [0.1, 0.15) is 29.0 Å². The Balaban J connectivity index is 1.83. The molecule has 2 aromatic carbocycles. The van der Waals surface area contributed by atoms with E-state index in [0.29, 0.717) is 0 Å². The Hall–Kier alpha value is -2.29. The number of aryl methyl sites for hydroxylation is 2. The van der Waals surface area contributed by atoms with Crippen LogP contribution in [0.25, 0.3) is 0 Å². The zero-order valence-corrected chi connectivity index (χ0v) is 12.4. The van der Waals surface area contributed by atoms with E-state index in [1.54, 1.807) is 0 Å². The van der Waals surface area contributed by atoms with Gasteiger partial charge in [-0.2, -0.15) is 0 Å². The van der Waals surface area contributed by atoms with Crippen LogP contribution in [-0.2, 0) is 4.79 Å². The van der Waals surface area contributed by atoms with Crippen molar-refractivity contribution in [1.29, 1.82) is 0 Å². The minimum atomic E-state index is -0.0803. The number of carbonyl (C=O) groups is 1. The third-order valence-electron chi connectivity index (χ3n) is 3.89. The molecular weight excluding hydrogens is 260 g/mol. The SMILES string of the molecule is Cc1cc(C)cc(NC(=O)C2CCNc3ccccc32)c1. The molecule has 21 heavy (non-hydrogen) atoms. The molecule has 3 nitrogen and oxygen atoms in total. The van der Waals surface area contributed by atoms with Crippen LogP contribution < -0.4 is 10.6 Å². The average molecular weight is 280 g/mol. The molecule has 0 fully saturated rings. The predicted molar refractivity (Wildman–Crippen MR) is 86.8 cm³/mol. The quantitative estimate of drug-likeness (QED) is 0.877. The van der Waals surface area contributed by atoms with E-state index >= 15 is 0 Å². The van der Waals surface area contributed by atoms with Crippen molar-refractivity contribution >= 4 is 17.3 Å². The molecule has 1 aliphatic rings. The Morgan fingerprint density at radius 3 is 2.62 bits per heavy atom. The molecular formula is C18H20N2O. The number of anilines is 2. The van der Waals surface area contributed by atoms with Crippen LogP contribution in [0, 0.1) is 13.8 Å². The van der Waals surface area contributed by atoms with Gasteiger partial charge < -0.3 is 10.6 Å². The fourth-order valence-corrected chi connectivity index (χ4v) is 3.02. The summed E-state index contributed by atoms with van der Waals surface area (Å²) in [5.41, 5.74) is 5.37. The van der Waals surface area contributed by atoms with Crippen LogP contribution in [0.5, 0.6) is 0 Å². The van der Waals surface area contributed by atoms with Crippen molar-refractivity contribution in [3.8, 4) is 0 Å². The topological polar surface area (TPSA) is 41.1 Å². The summed E-state index contributed by atoms with van der Waals surface area (Å²) in [6.07, 6.45) is 0.827. The lowest BCUT2D eigenvalue weighted by Gasteiger charge is -2.26. The van der Waals surface area contributed by atoms with Gasteiger partial charge in [0.2, 0.25) is 5.91 Å². The van der Waals surface area contributed by atoms with Crippen LogP contribution in [0.4, 0.5) is 11.4 Å². The highest BCUT2D eigenvalue weighted by molar-refractivity contribution is 5.97. The lowest BCUT2D eigenvalue weighted by Crippen LogP contribution is -2.27. The second kappa shape index (κ2) is 5.60. The summed E-state index contributed by atoms with van der Waals surface area (Å²) in [5, 5.41) is 6.42. The number of amides is 1. The highest BCUT2D eigenvalue weighted by Crippen LogP contribution is 2.32. The number of rotatable bonds is 2. The second-order valence-electron chi connectivity index (χ2n) is 5.72. The molecule has 1 atom stereocenters. The van der Waals surface area contributed by atoms with Crippen molar-refractivity contribution in [2.24, 2.45) is 0 Å². The number of carbonyl (C=O) groups excluding carboxylic acids is 1. The first-order valence-corrected chi connectivity index (χ1v) is 7.35. The molecule has 0 bridgehead atoms. The van der Waals surface area contributed by atoms with Crippen LogP contribution >= 0.6 is 0 Å². The van der Waals surface area contributed by atoms with Gasteiger partial charge in [-0.05, 0) is 55.2 Å². The van der Waals surface area contributed by atoms with Gasteiger partial charge in [-0.3, -0.25) is 4.79 Å². The highest BCUT2D eigenvalue weighted by Gasteiger charge is 2.26. The zero-order valence-electron chi connectivity index (χ0n) is 12.4. The zero-order chi connectivity index (χ0) is 14.8. The Morgan fingerprint density at radius 2 is 1.86 bits per heavy atom. The molecule has 2 N–H and O–H groups in total. The number of hydrogen-bond acceptors (Lipinski definition) is 2. The van der Waals surface area contributed by atoms with Gasteiger partial charge in [0.15, 0.2) is 0 Å². The molecule has 1 heterocycles. The van der Waals surface area contributed by atoms with Crippen LogP contribution in [0.2, 0.25) is 0 Å². The molecule has 1 amide bonds. The molecule has 1 unspecified atom stereocenters. The summed E-state index contributed by atoms with van der Waals surface area (Å²) in [6, 6.07) is 14.2. The number of fused-ring (bicyclic) bond motifs is 1. The lowest BCUT2D eigenvalue weighted by molar-refractivity contribution is -0.117. The van der Waals surface area contributed by atoms with E-state index < -0.39 is 0 Å². The van der Waals surface area contributed by atoms with Crippen LogP contribution in [0.15, 0.2) is 42.5 Å². The van der Waals surface area contributed by atoms with Crippen LogP contribution in [-0.4, -0.2) is 12.5 Å². The monoisotopic (exact) mass is 280 g/mol. The van der Waals surface area contributed by atoms with Gasteiger partial charge in [0.1, 0.15) is 0 Å². The molecule has 0 spiro atoms. The summed E-state index contributed by atoms with van der Waals surface area (Å²) in [7, 11) is 0. The molecule has 2 aromatic rings. The maximum Gasteiger partial charge on any atom is 0.232 e. The van der Waals surface area contributed by atoms with Gasteiger partial charge >= 0.3 is 0 Å². The Morgan fingerprint density at radius 1 is 1.14 bits per heavy atom. The molecule has 3 heteroatoms. The fourth-order valence-electron chi connectivity index (χ4n) is 3.02. The van der Waals surface area contributed by atoms with Gasteiger partial charge in [-0.15, -0.1) is 0 Å². The van der Waals surface area contributed by atoms with Crippen LogP contribution in [0.3, 0.4) is 0 Å². The van der Waals surface area contributed by atoms with Gasteiger partial charge in [0.05, 0.1) is 5.92 Å². The first kappa shape index (κ1) is 13.7. The number of hydrogen-bond donors (Lipinski definition) is 2. The summed E-state index contributed by atoms with van der Waals surface area (Å²) in [5.74, 6) is -0.00258. The minimum Gasteiger partial charge on any atom is -0.385 e. The molecule has 3 rings (SSSR count). The average Bonchev–Trinajstić information content (AvgIpc) is 2.45. The molecule has 108 valence electrons. The molecule has 0 aromatic heterocycles. The first-order chi connectivity index (χ1) is 10.1. The number of benzene rings is 2. The fraction of sp³-hybridized carbons (Fsp3) is 0.278. The molecule has 0 saturated carbocycles. The van der Waals surface area contributed by atoms with E-state index in [0.717, 1.165) is 41.0 Å². The van der Waals surface area contributed by atoms with E-state index in [1.165, 1.54) is 0 Å². The molecule has 0 radical (unpaired) electrons. The van der Waals surface area contributed by atoms with Crippen molar-refractivity contribution in [2.45, 2.75) is 26.2 Å². The maximum atomic E-state index is 12.6. The summed E-state index contributed by atoms with van der Waals surface area (Å²) in [6.45, 7) is 4.92. The Bertz CT molecular complexity index is 658. The molecule has 0 saturated heterocycles. The van der Waals surface area contributed by atoms with E-state index in [2.05, 4.69) is 16.7 Å². The minimum absolute atomic E-state index is 0.0777. The largest absolute Gasteiger partial charge is 0.385 e. The van der Waals surface area contributed by atoms with Crippen molar-refractivity contribution in [2.75, 3.05) is 17.2 Å². The van der Waals surface area contributed by atoms with Crippen molar-refractivity contribution in [1.82, 2.24) is 0 Å². The first-order valence-electron chi connectivity index (χ1n) is 7.35. The summed E-state index contributed by atoms with van der Waals surface area (Å²) in [4.78, 5) is 12.6. The predicted octanol–water partition coefficient (Wildman–Crippen LogP) is 3.84. The van der Waals surface area contributed by atoms with Crippen molar-refractivity contribution in [3.63, 3.8) is 0 Å². The van der Waals surface area contributed by atoms with E-state index in [4.69, 9.17) is 0 Å². The van der Waals surface area contributed by atoms with Crippen molar-refractivity contribution < 1.29 is 4.79 Å². The third-order valence-corrected chi connectivity index (χ3v) is 3.89. The van der Waals surface area contributed by atoms with Gasteiger partial charge in [0.25, 0.3) is 0 Å².